The van der Waals surface area contributed by atoms with Gasteiger partial charge in [0.2, 0.25) is 0 Å². The van der Waals surface area contributed by atoms with E-state index in [1.54, 1.807) is 29.3 Å². The molecule has 0 saturated carbocycles. The summed E-state index contributed by atoms with van der Waals surface area (Å²) in [6.07, 6.45) is -0.983. The predicted octanol–water partition coefficient (Wildman–Crippen LogP) is 4.45. The van der Waals surface area contributed by atoms with Crippen molar-refractivity contribution in [3.8, 4) is 0 Å². The number of hydrogen-bond donors (Lipinski definition) is 1. The zero-order valence-corrected chi connectivity index (χ0v) is 16.4. The van der Waals surface area contributed by atoms with Crippen molar-refractivity contribution < 1.29 is 22.4 Å². The first-order chi connectivity index (χ1) is 13.4. The molecule has 1 aromatic heterocycles. The summed E-state index contributed by atoms with van der Waals surface area (Å²) in [6.45, 7) is 1.73. The quantitative estimate of drug-likeness (QED) is 0.728. The molecule has 1 amide bonds. The monoisotopic (exact) mass is 431 g/mol. The molecule has 9 heteroatoms. The van der Waals surface area contributed by atoms with Gasteiger partial charge in [-0.1, -0.05) is 6.07 Å². The van der Waals surface area contributed by atoms with Crippen LogP contribution >= 0.6 is 12.4 Å². The first kappa shape index (κ1) is 23.1. The van der Waals surface area contributed by atoms with E-state index in [1.807, 2.05) is 0 Å². The molecule has 0 bridgehead atoms. The molecular formula is C20H22ClF4N3O. The van der Waals surface area contributed by atoms with Gasteiger partial charge in [-0.15, -0.1) is 12.4 Å². The molecule has 0 spiro atoms. The highest BCUT2D eigenvalue weighted by molar-refractivity contribution is 5.94. The van der Waals surface area contributed by atoms with Crippen LogP contribution in [0.1, 0.15) is 40.9 Å². The van der Waals surface area contributed by atoms with Crippen molar-refractivity contribution in [2.24, 2.45) is 0 Å². The standard InChI is InChI=1S/C20H21F4N3O.ClH/c21-18-7-6-14(12-17(18)20(22,23)24)19(28)27(13-15-4-1-2-10-26-15)16-5-3-9-25-11-8-16;/h1-2,4,6-7,10,12,16,25H,3,5,8-9,11,13H2;1H. The van der Waals surface area contributed by atoms with Crippen molar-refractivity contribution in [2.45, 2.75) is 38.0 Å². The van der Waals surface area contributed by atoms with Gasteiger partial charge in [0.15, 0.2) is 0 Å². The van der Waals surface area contributed by atoms with Crippen molar-refractivity contribution in [1.82, 2.24) is 15.2 Å². The van der Waals surface area contributed by atoms with E-state index in [9.17, 15) is 22.4 Å². The first-order valence-electron chi connectivity index (χ1n) is 9.14. The SMILES string of the molecule is Cl.O=C(c1ccc(F)c(C(F)(F)F)c1)N(Cc1ccccn1)C1CCCNCC1. The number of rotatable bonds is 4. The maximum atomic E-state index is 13.6. The second kappa shape index (κ2) is 10.0. The summed E-state index contributed by atoms with van der Waals surface area (Å²) in [6, 6.07) is 7.57. The highest BCUT2D eigenvalue weighted by Gasteiger charge is 2.35. The number of halogens is 5. The van der Waals surface area contributed by atoms with E-state index < -0.39 is 23.5 Å². The molecule has 2 aromatic rings. The second-order valence-electron chi connectivity index (χ2n) is 6.78. The molecule has 1 aromatic carbocycles. The van der Waals surface area contributed by atoms with Crippen LogP contribution < -0.4 is 5.32 Å². The lowest BCUT2D eigenvalue weighted by Crippen LogP contribution is -2.40. The Kier molecular flexibility index (Phi) is 7.98. The Labute approximate surface area is 172 Å². The average molecular weight is 432 g/mol. The smallest absolute Gasteiger partial charge is 0.330 e. The fourth-order valence-corrected chi connectivity index (χ4v) is 3.39. The highest BCUT2D eigenvalue weighted by Crippen LogP contribution is 2.32. The van der Waals surface area contributed by atoms with Gasteiger partial charge in [-0.25, -0.2) is 4.39 Å². The predicted molar refractivity (Wildman–Crippen MR) is 103 cm³/mol. The molecule has 1 saturated heterocycles. The van der Waals surface area contributed by atoms with Gasteiger partial charge < -0.3 is 10.2 Å². The van der Waals surface area contributed by atoms with Crippen molar-refractivity contribution in [1.29, 1.82) is 0 Å². The molecular weight excluding hydrogens is 410 g/mol. The lowest BCUT2D eigenvalue weighted by Gasteiger charge is -2.31. The molecule has 1 unspecified atom stereocenters. The number of pyridine rings is 1. The van der Waals surface area contributed by atoms with E-state index in [1.165, 1.54) is 0 Å². The van der Waals surface area contributed by atoms with Crippen LogP contribution in [0.2, 0.25) is 0 Å². The van der Waals surface area contributed by atoms with E-state index in [2.05, 4.69) is 10.3 Å². The van der Waals surface area contributed by atoms with Crippen molar-refractivity contribution in [2.75, 3.05) is 13.1 Å². The van der Waals surface area contributed by atoms with Crippen LogP contribution in [-0.2, 0) is 12.7 Å². The summed E-state index contributed by atoms with van der Waals surface area (Å²) in [7, 11) is 0. The minimum Gasteiger partial charge on any atom is -0.330 e. The van der Waals surface area contributed by atoms with Gasteiger partial charge in [0.05, 0.1) is 17.8 Å². The molecule has 1 N–H and O–H groups in total. The third-order valence-electron chi connectivity index (χ3n) is 4.82. The van der Waals surface area contributed by atoms with Crippen LogP contribution in [0, 0.1) is 5.82 Å². The summed E-state index contributed by atoms with van der Waals surface area (Å²) in [5.41, 5.74) is -0.966. The molecule has 29 heavy (non-hydrogen) atoms. The Morgan fingerprint density at radius 1 is 1.17 bits per heavy atom. The van der Waals surface area contributed by atoms with Crippen LogP contribution in [0.3, 0.4) is 0 Å². The Bertz CT molecular complexity index is 809. The van der Waals surface area contributed by atoms with Crippen LogP contribution in [0.25, 0.3) is 0 Å². The number of carbonyl (C=O) groups is 1. The molecule has 158 valence electrons. The molecule has 2 heterocycles. The van der Waals surface area contributed by atoms with E-state index in [-0.39, 0.29) is 30.6 Å². The van der Waals surface area contributed by atoms with Gasteiger partial charge >= 0.3 is 6.18 Å². The summed E-state index contributed by atoms with van der Waals surface area (Å²) < 4.78 is 52.8. The van der Waals surface area contributed by atoms with E-state index in [4.69, 9.17) is 0 Å². The van der Waals surface area contributed by atoms with E-state index >= 15 is 0 Å². The zero-order valence-electron chi connectivity index (χ0n) is 15.6. The molecule has 4 nitrogen and oxygen atoms in total. The molecule has 1 aliphatic rings. The largest absolute Gasteiger partial charge is 0.419 e. The average Bonchev–Trinajstić information content (AvgIpc) is 2.95. The van der Waals surface area contributed by atoms with Gasteiger partial charge in [-0.05, 0) is 62.7 Å². The summed E-state index contributed by atoms with van der Waals surface area (Å²) >= 11 is 0. The third-order valence-corrected chi connectivity index (χ3v) is 4.82. The Morgan fingerprint density at radius 2 is 1.97 bits per heavy atom. The number of nitrogens with zero attached hydrogens (tertiary/aromatic N) is 2. The number of alkyl halides is 3. The molecule has 1 fully saturated rings. The number of carbonyl (C=O) groups excluding carboxylic acids is 1. The number of amides is 1. The van der Waals surface area contributed by atoms with Gasteiger partial charge in [-0.2, -0.15) is 13.2 Å². The second-order valence-corrected chi connectivity index (χ2v) is 6.78. The first-order valence-corrected chi connectivity index (χ1v) is 9.14. The van der Waals surface area contributed by atoms with Gasteiger partial charge in [-0.3, -0.25) is 9.78 Å². The van der Waals surface area contributed by atoms with Crippen LogP contribution in [0.15, 0.2) is 42.6 Å². The number of benzene rings is 1. The maximum absolute atomic E-state index is 13.6. The van der Waals surface area contributed by atoms with Gasteiger partial charge in [0.1, 0.15) is 5.82 Å². The van der Waals surface area contributed by atoms with Crippen LogP contribution in [-0.4, -0.2) is 34.9 Å². The number of nitrogens with one attached hydrogen (secondary N) is 1. The zero-order chi connectivity index (χ0) is 20.1. The van der Waals surface area contributed by atoms with Crippen molar-refractivity contribution in [3.05, 3.63) is 65.2 Å². The summed E-state index contributed by atoms with van der Waals surface area (Å²) in [5, 5.41) is 3.26. The summed E-state index contributed by atoms with van der Waals surface area (Å²) in [5.74, 6) is -1.94. The molecule has 1 atom stereocenters. The van der Waals surface area contributed by atoms with Crippen molar-refractivity contribution in [3.63, 3.8) is 0 Å². The molecule has 0 radical (unpaired) electrons. The lowest BCUT2D eigenvalue weighted by molar-refractivity contribution is -0.140. The Morgan fingerprint density at radius 3 is 2.66 bits per heavy atom. The highest BCUT2D eigenvalue weighted by atomic mass is 35.5. The van der Waals surface area contributed by atoms with E-state index in [0.29, 0.717) is 30.8 Å². The lowest BCUT2D eigenvalue weighted by atomic mass is 10.0. The normalized spacial score (nSPS) is 17.2. The summed E-state index contributed by atoms with van der Waals surface area (Å²) in [4.78, 5) is 18.9. The van der Waals surface area contributed by atoms with Crippen LogP contribution in [0.5, 0.6) is 0 Å². The fourth-order valence-electron chi connectivity index (χ4n) is 3.39. The Hall–Kier alpha value is -2.19. The molecule has 3 rings (SSSR count). The molecule has 0 aliphatic carbocycles. The fraction of sp³-hybridized carbons (Fsp3) is 0.400. The number of aromatic nitrogens is 1. The minimum absolute atomic E-state index is 0. The Balaban J connectivity index is 0.00000300. The van der Waals surface area contributed by atoms with Crippen LogP contribution in [0.4, 0.5) is 17.6 Å². The van der Waals surface area contributed by atoms with Crippen molar-refractivity contribution >= 4 is 18.3 Å². The van der Waals surface area contributed by atoms with Gasteiger partial charge in [0, 0.05) is 17.8 Å². The third kappa shape index (κ3) is 5.90. The van der Waals surface area contributed by atoms with E-state index in [0.717, 1.165) is 25.5 Å². The number of hydrogen-bond acceptors (Lipinski definition) is 3. The minimum atomic E-state index is -4.86. The van der Waals surface area contributed by atoms with Gasteiger partial charge in [0.25, 0.3) is 5.91 Å². The maximum Gasteiger partial charge on any atom is 0.419 e. The topological polar surface area (TPSA) is 45.2 Å². The molecule has 1 aliphatic heterocycles.